The summed E-state index contributed by atoms with van der Waals surface area (Å²) in [5.74, 6) is 0.422. The Morgan fingerprint density at radius 1 is 1.03 bits per heavy atom. The predicted octanol–water partition coefficient (Wildman–Crippen LogP) is 3.18. The molecule has 3 aromatic rings. The van der Waals surface area contributed by atoms with Crippen LogP contribution in [0, 0.1) is 5.82 Å². The molecule has 1 saturated heterocycles. The molecule has 0 saturated carbocycles. The number of hydrogen-bond donors (Lipinski definition) is 1. The summed E-state index contributed by atoms with van der Waals surface area (Å²) >= 11 is 0. The summed E-state index contributed by atoms with van der Waals surface area (Å²) in [6.07, 6.45) is 1.52. The van der Waals surface area contributed by atoms with Gasteiger partial charge in [-0.15, -0.1) is 0 Å². The first-order valence-corrected chi connectivity index (χ1v) is 11.8. The van der Waals surface area contributed by atoms with Gasteiger partial charge in [-0.05, 0) is 24.3 Å². The van der Waals surface area contributed by atoms with Gasteiger partial charge in [0.1, 0.15) is 11.7 Å². The van der Waals surface area contributed by atoms with Crippen LogP contribution in [0.3, 0.4) is 0 Å². The van der Waals surface area contributed by atoms with Crippen molar-refractivity contribution in [2.45, 2.75) is 0 Å². The molecule has 0 atom stereocenters. The summed E-state index contributed by atoms with van der Waals surface area (Å²) < 4.78 is 15.0. The highest BCUT2D eigenvalue weighted by atomic mass is 19.1. The first-order valence-electron chi connectivity index (χ1n) is 11.8. The molecule has 5 rings (SSSR count). The molecule has 36 heavy (non-hydrogen) atoms. The van der Waals surface area contributed by atoms with Crippen LogP contribution < -0.4 is 0 Å². The highest BCUT2D eigenvalue weighted by molar-refractivity contribution is 6.21. The Bertz CT molecular complexity index is 1410. The highest BCUT2D eigenvalue weighted by Gasteiger charge is 2.28. The summed E-state index contributed by atoms with van der Waals surface area (Å²) in [7, 11) is 3.79. The van der Waals surface area contributed by atoms with Gasteiger partial charge in [0, 0.05) is 63.0 Å². The Morgan fingerprint density at radius 3 is 2.39 bits per heavy atom. The Hall–Kier alpha value is -4.27. The van der Waals surface area contributed by atoms with E-state index in [0.29, 0.717) is 55.2 Å². The van der Waals surface area contributed by atoms with E-state index in [1.165, 1.54) is 12.3 Å². The maximum atomic E-state index is 15.0. The van der Waals surface area contributed by atoms with Crippen LogP contribution in [0.25, 0.3) is 10.9 Å². The minimum atomic E-state index is -0.500. The lowest BCUT2D eigenvalue weighted by atomic mass is 10.0. The van der Waals surface area contributed by atoms with Crippen LogP contribution in [-0.4, -0.2) is 89.9 Å². The van der Waals surface area contributed by atoms with Gasteiger partial charge < -0.3 is 19.7 Å². The predicted molar refractivity (Wildman–Crippen MR) is 138 cm³/mol. The zero-order valence-corrected chi connectivity index (χ0v) is 20.3. The van der Waals surface area contributed by atoms with Crippen molar-refractivity contribution in [1.82, 2.24) is 19.7 Å². The van der Waals surface area contributed by atoms with Gasteiger partial charge in [0.2, 0.25) is 5.78 Å². The van der Waals surface area contributed by atoms with E-state index in [9.17, 15) is 14.0 Å². The smallest absolute Gasteiger partial charge is 0.253 e. The first kappa shape index (κ1) is 23.5. The second kappa shape index (κ2) is 9.41. The molecular formula is C27H27FN6O2. The van der Waals surface area contributed by atoms with E-state index in [-0.39, 0.29) is 28.3 Å². The lowest BCUT2D eigenvalue weighted by molar-refractivity contribution is 0.0662. The van der Waals surface area contributed by atoms with Gasteiger partial charge >= 0.3 is 0 Å². The molecular weight excluding hydrogens is 459 g/mol. The van der Waals surface area contributed by atoms with Gasteiger partial charge in [-0.3, -0.25) is 14.6 Å². The number of fused-ring (bicyclic) bond motifs is 1. The number of Topliss-reactive ketones (excluding diaryl/α,β-unsaturated/α-hetero) is 1. The molecule has 1 aromatic heterocycles. The van der Waals surface area contributed by atoms with Crippen LogP contribution in [0.1, 0.15) is 26.3 Å². The van der Waals surface area contributed by atoms with Crippen molar-refractivity contribution >= 4 is 34.3 Å². The first-order chi connectivity index (χ1) is 17.3. The lowest BCUT2D eigenvalue weighted by Crippen LogP contribution is -2.48. The number of allylic oxidation sites excluding steroid dienone is 1. The number of aliphatic imine (C=N–C) groups is 2. The minimum absolute atomic E-state index is 0.0340. The third kappa shape index (κ3) is 4.17. The van der Waals surface area contributed by atoms with Gasteiger partial charge in [-0.25, -0.2) is 9.38 Å². The topological polar surface area (TPSA) is 84.4 Å². The second-order valence-electron chi connectivity index (χ2n) is 9.03. The van der Waals surface area contributed by atoms with Gasteiger partial charge in [0.25, 0.3) is 5.91 Å². The number of aromatic amines is 1. The van der Waals surface area contributed by atoms with E-state index in [2.05, 4.69) is 21.5 Å². The molecule has 0 aliphatic carbocycles. The van der Waals surface area contributed by atoms with Crippen molar-refractivity contribution in [3.05, 3.63) is 83.4 Å². The molecule has 0 unspecified atom stereocenters. The number of nitrogens with one attached hydrogen (secondary N) is 1. The largest absolute Gasteiger partial charge is 0.365 e. The van der Waals surface area contributed by atoms with Crippen molar-refractivity contribution in [3.8, 4) is 0 Å². The van der Waals surface area contributed by atoms with E-state index in [4.69, 9.17) is 0 Å². The van der Waals surface area contributed by atoms with Gasteiger partial charge in [0.05, 0.1) is 23.3 Å². The average molecular weight is 487 g/mol. The minimum Gasteiger partial charge on any atom is -0.365 e. The fraction of sp³-hybridized carbons (Fsp3) is 0.259. The van der Waals surface area contributed by atoms with E-state index in [1.54, 1.807) is 23.1 Å². The summed E-state index contributed by atoms with van der Waals surface area (Å²) in [5, 5.41) is 0.202. The Morgan fingerprint density at radius 2 is 1.72 bits per heavy atom. The quantitative estimate of drug-likeness (QED) is 0.444. The van der Waals surface area contributed by atoms with Crippen molar-refractivity contribution in [1.29, 1.82) is 0 Å². The maximum Gasteiger partial charge on any atom is 0.253 e. The third-order valence-corrected chi connectivity index (χ3v) is 6.62. The number of H-pyrrole nitrogens is 1. The van der Waals surface area contributed by atoms with Crippen molar-refractivity contribution < 1.29 is 14.0 Å². The van der Waals surface area contributed by atoms with Gasteiger partial charge in [0.15, 0.2) is 5.84 Å². The van der Waals surface area contributed by atoms with Crippen LogP contribution in [0.4, 0.5) is 4.39 Å². The van der Waals surface area contributed by atoms with Crippen LogP contribution >= 0.6 is 0 Å². The monoisotopic (exact) mass is 486 g/mol. The summed E-state index contributed by atoms with van der Waals surface area (Å²) in [5.41, 5.74) is 2.25. The number of halogens is 1. The van der Waals surface area contributed by atoms with Crippen LogP contribution in [0.15, 0.2) is 70.9 Å². The number of carbonyl (C=O) groups is 2. The number of rotatable bonds is 5. The molecule has 2 aliphatic heterocycles. The fourth-order valence-electron chi connectivity index (χ4n) is 4.54. The van der Waals surface area contributed by atoms with Crippen molar-refractivity contribution in [2.24, 2.45) is 9.98 Å². The number of hydrogen-bond acceptors (Lipinski definition) is 6. The maximum absolute atomic E-state index is 15.0. The summed E-state index contributed by atoms with van der Waals surface area (Å²) in [6, 6.07) is 12.1. The number of carbonyl (C=O) groups excluding carboxylic acids is 2. The number of likely N-dealkylation sites (N-methyl/N-ethyl adjacent to an activating group) is 1. The number of piperazine rings is 1. The Balaban J connectivity index is 1.34. The summed E-state index contributed by atoms with van der Waals surface area (Å²) in [4.78, 5) is 43.7. The number of amidine groups is 2. The highest BCUT2D eigenvalue weighted by Crippen LogP contribution is 2.29. The number of amides is 1. The van der Waals surface area contributed by atoms with E-state index >= 15 is 0 Å². The molecule has 8 nitrogen and oxygen atoms in total. The van der Waals surface area contributed by atoms with Crippen LogP contribution in [-0.2, 0) is 0 Å². The number of nitrogens with zero attached hydrogens (tertiary/aromatic N) is 5. The van der Waals surface area contributed by atoms with E-state index in [1.807, 2.05) is 42.1 Å². The third-order valence-electron chi connectivity index (χ3n) is 6.62. The second-order valence-corrected chi connectivity index (χ2v) is 9.03. The fourth-order valence-corrected chi connectivity index (χ4v) is 4.54. The standard InChI is InChI=1S/C27H27FN6O2/c1-17(33-11-13-34(14-12-33)27(36)18-7-5-4-6-8-18)25(35)20-15-29-24-19(9-10-21(28)23(20)24)26-30-16-22(31-26)32(2)3/h4-10,15,29H,1,11-14,16H2,2-3H3. The molecule has 0 bridgehead atoms. The van der Waals surface area contributed by atoms with Gasteiger partial charge in [-0.1, -0.05) is 24.8 Å². The van der Waals surface area contributed by atoms with Crippen molar-refractivity contribution in [2.75, 3.05) is 46.8 Å². The molecule has 9 heteroatoms. The molecule has 3 heterocycles. The summed E-state index contributed by atoms with van der Waals surface area (Å²) in [6.45, 7) is 6.34. The van der Waals surface area contributed by atoms with E-state index in [0.717, 1.165) is 5.84 Å². The zero-order valence-electron chi connectivity index (χ0n) is 20.3. The number of aromatic nitrogens is 1. The molecule has 2 aromatic carbocycles. The van der Waals surface area contributed by atoms with Gasteiger partial charge in [-0.2, -0.15) is 0 Å². The SMILES string of the molecule is C=C(C(=O)c1c[nH]c2c(C3=NCC(N(C)C)=N3)ccc(F)c12)N1CCN(C(=O)c2ccccc2)CC1. The van der Waals surface area contributed by atoms with Crippen LogP contribution in [0.2, 0.25) is 0 Å². The Kier molecular flexibility index (Phi) is 6.13. The molecule has 1 amide bonds. The van der Waals surface area contributed by atoms with Crippen molar-refractivity contribution in [3.63, 3.8) is 0 Å². The average Bonchev–Trinajstić information content (AvgIpc) is 3.57. The molecule has 1 fully saturated rings. The zero-order chi connectivity index (χ0) is 25.4. The molecule has 2 aliphatic rings. The van der Waals surface area contributed by atoms with Crippen LogP contribution in [0.5, 0.6) is 0 Å². The number of benzene rings is 2. The number of ketones is 1. The normalized spacial score (nSPS) is 15.6. The molecule has 0 radical (unpaired) electrons. The molecule has 1 N–H and O–H groups in total. The lowest BCUT2D eigenvalue weighted by Gasteiger charge is -2.36. The molecule has 184 valence electrons. The van der Waals surface area contributed by atoms with E-state index < -0.39 is 5.82 Å². The Labute approximate surface area is 208 Å². The molecule has 0 spiro atoms.